The van der Waals surface area contributed by atoms with Crippen LogP contribution in [0.15, 0.2) is 36.4 Å². The number of hydrogen-bond acceptors (Lipinski definition) is 0. The zero-order valence-corrected chi connectivity index (χ0v) is 11.6. The van der Waals surface area contributed by atoms with Crippen LogP contribution in [0.5, 0.6) is 0 Å². The zero-order chi connectivity index (χ0) is 12.7. The molecule has 0 nitrogen and oxygen atoms in total. The van der Waals surface area contributed by atoms with E-state index >= 15 is 0 Å². The highest BCUT2D eigenvalue weighted by Gasteiger charge is 2.23. The van der Waals surface area contributed by atoms with Gasteiger partial charge in [-0.05, 0) is 54.5 Å². The van der Waals surface area contributed by atoms with Crippen molar-refractivity contribution in [3.63, 3.8) is 0 Å². The molecule has 1 atom stereocenters. The van der Waals surface area contributed by atoms with E-state index in [0.29, 0.717) is 0 Å². The Morgan fingerprint density at radius 1 is 1.00 bits per heavy atom. The largest absolute Gasteiger partial charge is 0.113 e. The Hall–Kier alpha value is -1.27. The minimum atomic E-state index is -0.000648. The summed E-state index contributed by atoms with van der Waals surface area (Å²) in [5, 5.41) is -0.000648. The van der Waals surface area contributed by atoms with E-state index in [4.69, 9.17) is 11.6 Å². The van der Waals surface area contributed by atoms with Crippen molar-refractivity contribution in [2.24, 2.45) is 0 Å². The van der Waals surface area contributed by atoms with Crippen molar-refractivity contribution in [3.05, 3.63) is 69.8 Å². The second-order valence-electron chi connectivity index (χ2n) is 5.22. The van der Waals surface area contributed by atoms with Gasteiger partial charge in [0.15, 0.2) is 0 Å². The average Bonchev–Trinajstić information content (AvgIpc) is 2.48. The normalized spacial score (nSPS) is 17.8. The number of hydrogen-bond donors (Lipinski definition) is 0. The molecule has 2 aromatic rings. The van der Waals surface area contributed by atoms with Gasteiger partial charge in [-0.2, -0.15) is 0 Å². The predicted molar refractivity (Wildman–Crippen MR) is 77.5 cm³/mol. The maximum absolute atomic E-state index is 6.74. The number of aryl methyl sites for hydroxylation is 4. The van der Waals surface area contributed by atoms with Gasteiger partial charge in [0.05, 0.1) is 5.38 Å². The molecule has 0 fully saturated rings. The first-order valence-corrected chi connectivity index (χ1v) is 6.92. The van der Waals surface area contributed by atoms with Crippen LogP contribution in [0.4, 0.5) is 0 Å². The van der Waals surface area contributed by atoms with E-state index in [9.17, 15) is 0 Å². The fourth-order valence-corrected chi connectivity index (χ4v) is 3.60. The lowest BCUT2D eigenvalue weighted by Crippen LogP contribution is -2.00. The molecule has 1 heteroatoms. The smallest absolute Gasteiger partial charge is 0.0843 e. The van der Waals surface area contributed by atoms with Crippen molar-refractivity contribution in [2.75, 3.05) is 0 Å². The van der Waals surface area contributed by atoms with Crippen LogP contribution in [0, 0.1) is 13.8 Å². The van der Waals surface area contributed by atoms with Crippen LogP contribution in [0.3, 0.4) is 0 Å². The molecule has 0 amide bonds. The van der Waals surface area contributed by atoms with Crippen LogP contribution < -0.4 is 0 Å². The summed E-state index contributed by atoms with van der Waals surface area (Å²) in [6, 6.07) is 13.1. The quantitative estimate of drug-likeness (QED) is 0.598. The van der Waals surface area contributed by atoms with Crippen molar-refractivity contribution in [2.45, 2.75) is 32.1 Å². The van der Waals surface area contributed by atoms with Gasteiger partial charge in [0, 0.05) is 0 Å². The predicted octanol–water partition coefficient (Wildman–Crippen LogP) is 4.73. The van der Waals surface area contributed by atoms with Crippen molar-refractivity contribution >= 4 is 11.6 Å². The Kier molecular flexibility index (Phi) is 2.91. The van der Waals surface area contributed by atoms with Gasteiger partial charge in [-0.25, -0.2) is 0 Å². The summed E-state index contributed by atoms with van der Waals surface area (Å²) in [5.41, 5.74) is 8.08. The maximum Gasteiger partial charge on any atom is 0.0843 e. The molecule has 0 N–H and O–H groups in total. The summed E-state index contributed by atoms with van der Waals surface area (Å²) >= 11 is 6.74. The first-order valence-electron chi connectivity index (χ1n) is 6.48. The van der Waals surface area contributed by atoms with E-state index in [1.54, 1.807) is 0 Å². The molecule has 2 aromatic carbocycles. The highest BCUT2D eigenvalue weighted by Crippen LogP contribution is 2.39. The number of fused-ring (bicyclic) bond motifs is 2. The highest BCUT2D eigenvalue weighted by molar-refractivity contribution is 6.23. The molecule has 3 rings (SSSR count). The zero-order valence-electron chi connectivity index (χ0n) is 10.8. The Morgan fingerprint density at radius 3 is 2.56 bits per heavy atom. The lowest BCUT2D eigenvalue weighted by molar-refractivity contribution is 0.960. The third kappa shape index (κ3) is 1.85. The third-order valence-corrected chi connectivity index (χ3v) is 4.32. The lowest BCUT2D eigenvalue weighted by atomic mass is 9.94. The summed E-state index contributed by atoms with van der Waals surface area (Å²) in [4.78, 5) is 0. The topological polar surface area (TPSA) is 0 Å². The fourth-order valence-electron chi connectivity index (χ4n) is 3.07. The Morgan fingerprint density at radius 2 is 1.72 bits per heavy atom. The van der Waals surface area contributed by atoms with E-state index < -0.39 is 0 Å². The Bertz CT molecular complexity index is 599. The summed E-state index contributed by atoms with van der Waals surface area (Å²) in [7, 11) is 0. The van der Waals surface area contributed by atoms with Crippen LogP contribution in [-0.2, 0) is 12.8 Å². The molecule has 0 unspecified atom stereocenters. The number of benzene rings is 2. The molecular formula is C17H17Cl. The molecule has 0 spiro atoms. The molecular weight excluding hydrogens is 240 g/mol. The number of rotatable bonds is 0. The van der Waals surface area contributed by atoms with Gasteiger partial charge in [-0.1, -0.05) is 42.0 Å². The molecule has 0 aliphatic heterocycles. The van der Waals surface area contributed by atoms with E-state index in [0.717, 1.165) is 12.8 Å². The molecule has 0 bridgehead atoms. The lowest BCUT2D eigenvalue weighted by Gasteiger charge is -2.17. The molecule has 92 valence electrons. The van der Waals surface area contributed by atoms with Crippen molar-refractivity contribution in [1.82, 2.24) is 0 Å². The Balaban J connectivity index is 2.22. The second kappa shape index (κ2) is 4.44. The number of alkyl halides is 1. The van der Waals surface area contributed by atoms with E-state index in [-0.39, 0.29) is 5.38 Å². The molecule has 0 saturated carbocycles. The molecule has 0 heterocycles. The van der Waals surface area contributed by atoms with Crippen molar-refractivity contribution < 1.29 is 0 Å². The highest BCUT2D eigenvalue weighted by atomic mass is 35.5. The molecule has 1 aliphatic carbocycles. The summed E-state index contributed by atoms with van der Waals surface area (Å²) in [6.07, 6.45) is 2.19. The Labute approximate surface area is 114 Å². The van der Waals surface area contributed by atoms with Gasteiger partial charge in [-0.3, -0.25) is 0 Å². The van der Waals surface area contributed by atoms with Gasteiger partial charge >= 0.3 is 0 Å². The van der Waals surface area contributed by atoms with E-state index in [2.05, 4.69) is 50.2 Å². The van der Waals surface area contributed by atoms with Gasteiger partial charge in [-0.15, -0.1) is 11.6 Å². The van der Waals surface area contributed by atoms with Gasteiger partial charge in [0.2, 0.25) is 0 Å². The molecule has 1 aliphatic rings. The standard InChI is InChI=1S/C17H17Cl/c1-11-9-12(2)16-14(10-11)8-7-13-5-3-4-6-15(13)17(16)18/h3-6,9-10,17H,7-8H2,1-2H3/t17-/m1/s1. The minimum Gasteiger partial charge on any atom is -0.113 e. The minimum absolute atomic E-state index is 0.000648. The first kappa shape index (κ1) is 11.8. The van der Waals surface area contributed by atoms with Crippen molar-refractivity contribution in [1.29, 1.82) is 0 Å². The molecule has 0 aromatic heterocycles. The fraction of sp³-hybridized carbons (Fsp3) is 0.294. The van der Waals surface area contributed by atoms with Crippen LogP contribution >= 0.6 is 11.6 Å². The second-order valence-corrected chi connectivity index (χ2v) is 5.65. The van der Waals surface area contributed by atoms with Crippen LogP contribution in [0.2, 0.25) is 0 Å². The van der Waals surface area contributed by atoms with Crippen molar-refractivity contribution in [3.8, 4) is 0 Å². The number of halogens is 1. The SMILES string of the molecule is Cc1cc(C)c2c(c1)CCc1ccccc1[C@H]2Cl. The third-order valence-electron chi connectivity index (χ3n) is 3.86. The summed E-state index contributed by atoms with van der Waals surface area (Å²) in [6.45, 7) is 4.34. The summed E-state index contributed by atoms with van der Waals surface area (Å²) in [5.74, 6) is 0. The maximum atomic E-state index is 6.74. The summed E-state index contributed by atoms with van der Waals surface area (Å²) < 4.78 is 0. The van der Waals surface area contributed by atoms with Crippen LogP contribution in [0.25, 0.3) is 0 Å². The average molecular weight is 257 g/mol. The van der Waals surface area contributed by atoms with E-state index in [1.165, 1.54) is 33.4 Å². The van der Waals surface area contributed by atoms with Crippen LogP contribution in [-0.4, -0.2) is 0 Å². The molecule has 18 heavy (non-hydrogen) atoms. The first-order chi connectivity index (χ1) is 8.66. The van der Waals surface area contributed by atoms with Crippen LogP contribution in [0.1, 0.15) is 38.8 Å². The molecule has 0 radical (unpaired) electrons. The molecule has 0 saturated heterocycles. The van der Waals surface area contributed by atoms with E-state index in [1.807, 2.05) is 0 Å². The monoisotopic (exact) mass is 256 g/mol. The van der Waals surface area contributed by atoms with Gasteiger partial charge in [0.25, 0.3) is 0 Å². The van der Waals surface area contributed by atoms with Gasteiger partial charge < -0.3 is 0 Å². The van der Waals surface area contributed by atoms with Gasteiger partial charge in [0.1, 0.15) is 0 Å².